The summed E-state index contributed by atoms with van der Waals surface area (Å²) in [5.41, 5.74) is 0. The molecular weight excluding hydrogens is 176 g/mol. The van der Waals surface area contributed by atoms with E-state index in [9.17, 15) is 4.79 Å². The van der Waals surface area contributed by atoms with Crippen LogP contribution in [0.1, 0.15) is 42.7 Å². The maximum absolute atomic E-state index is 12.0. The van der Waals surface area contributed by atoms with Crippen molar-refractivity contribution in [1.82, 2.24) is 9.55 Å². The highest BCUT2D eigenvalue weighted by molar-refractivity contribution is 5.81. The third-order valence-electron chi connectivity index (χ3n) is 3.02. The van der Waals surface area contributed by atoms with Crippen LogP contribution in [-0.4, -0.2) is 15.5 Å². The summed E-state index contributed by atoms with van der Waals surface area (Å²) in [5.74, 6) is 1.27. The van der Waals surface area contributed by atoms with E-state index in [1.807, 2.05) is 6.92 Å². The molecular formula is C11H16N2O. The molecule has 1 aliphatic carbocycles. The number of imidazole rings is 1. The third-order valence-corrected chi connectivity index (χ3v) is 3.02. The highest BCUT2D eigenvalue weighted by Gasteiger charge is 2.22. The fraction of sp³-hybridized carbons (Fsp3) is 0.636. The average molecular weight is 192 g/mol. The molecule has 0 aromatic carbocycles. The minimum atomic E-state index is 0.233. The molecule has 1 aromatic heterocycles. The van der Waals surface area contributed by atoms with Crippen LogP contribution in [-0.2, 0) is 0 Å². The van der Waals surface area contributed by atoms with Gasteiger partial charge < -0.3 is 0 Å². The Balaban J connectivity index is 2.11. The molecule has 0 amide bonds. The first-order valence-electron chi connectivity index (χ1n) is 5.33. The molecule has 1 heterocycles. The van der Waals surface area contributed by atoms with Crippen molar-refractivity contribution >= 4 is 5.91 Å². The average Bonchev–Trinajstić information content (AvgIpc) is 2.65. The van der Waals surface area contributed by atoms with Crippen LogP contribution in [0.5, 0.6) is 0 Å². The Morgan fingerprint density at radius 1 is 1.43 bits per heavy atom. The normalized spacial score (nSPS) is 18.4. The fourth-order valence-electron chi connectivity index (χ4n) is 2.16. The van der Waals surface area contributed by atoms with Crippen LogP contribution in [0, 0.1) is 12.8 Å². The van der Waals surface area contributed by atoms with Crippen molar-refractivity contribution in [2.75, 3.05) is 0 Å². The summed E-state index contributed by atoms with van der Waals surface area (Å²) in [6.07, 6.45) is 9.25. The summed E-state index contributed by atoms with van der Waals surface area (Å²) >= 11 is 0. The summed E-state index contributed by atoms with van der Waals surface area (Å²) in [6, 6.07) is 0. The summed E-state index contributed by atoms with van der Waals surface area (Å²) < 4.78 is 1.69. The molecule has 1 fully saturated rings. The van der Waals surface area contributed by atoms with Crippen molar-refractivity contribution < 1.29 is 4.79 Å². The van der Waals surface area contributed by atoms with Gasteiger partial charge in [0.15, 0.2) is 0 Å². The summed E-state index contributed by atoms with van der Waals surface area (Å²) in [5, 5.41) is 0. The topological polar surface area (TPSA) is 34.9 Å². The maximum atomic E-state index is 12.0. The molecule has 0 atom stereocenters. The van der Waals surface area contributed by atoms with Gasteiger partial charge in [-0.15, -0.1) is 0 Å². The highest BCUT2D eigenvalue weighted by Crippen LogP contribution is 2.25. The van der Waals surface area contributed by atoms with Crippen molar-refractivity contribution in [3.05, 3.63) is 18.2 Å². The van der Waals surface area contributed by atoms with Crippen LogP contribution in [0.2, 0.25) is 0 Å². The second-order valence-electron chi connectivity index (χ2n) is 4.02. The lowest BCUT2D eigenvalue weighted by atomic mass is 9.88. The van der Waals surface area contributed by atoms with Crippen LogP contribution >= 0.6 is 0 Å². The SMILES string of the molecule is Cc1nccn1C(=O)C1CCCCC1. The van der Waals surface area contributed by atoms with E-state index in [-0.39, 0.29) is 11.8 Å². The van der Waals surface area contributed by atoms with Gasteiger partial charge in [-0.3, -0.25) is 9.36 Å². The molecule has 76 valence electrons. The second-order valence-corrected chi connectivity index (χ2v) is 4.02. The monoisotopic (exact) mass is 192 g/mol. The Hall–Kier alpha value is -1.12. The molecule has 0 aliphatic heterocycles. The zero-order valence-electron chi connectivity index (χ0n) is 8.57. The lowest BCUT2D eigenvalue weighted by Gasteiger charge is -2.20. The number of hydrogen-bond donors (Lipinski definition) is 0. The second kappa shape index (κ2) is 3.95. The van der Waals surface area contributed by atoms with Crippen LogP contribution < -0.4 is 0 Å². The standard InChI is InChI=1S/C11H16N2O/c1-9-12-7-8-13(9)11(14)10-5-3-2-4-6-10/h7-8,10H,2-6H2,1H3. The Morgan fingerprint density at radius 3 is 2.71 bits per heavy atom. The van der Waals surface area contributed by atoms with Gasteiger partial charge in [0, 0.05) is 18.3 Å². The van der Waals surface area contributed by atoms with E-state index in [0.717, 1.165) is 18.7 Å². The molecule has 0 N–H and O–H groups in total. The van der Waals surface area contributed by atoms with E-state index in [4.69, 9.17) is 0 Å². The summed E-state index contributed by atoms with van der Waals surface area (Å²) in [7, 11) is 0. The first-order chi connectivity index (χ1) is 6.79. The van der Waals surface area contributed by atoms with Gasteiger partial charge in [-0.1, -0.05) is 19.3 Å². The lowest BCUT2D eigenvalue weighted by molar-refractivity contribution is 0.0799. The van der Waals surface area contributed by atoms with Crippen molar-refractivity contribution in [2.45, 2.75) is 39.0 Å². The molecule has 3 heteroatoms. The van der Waals surface area contributed by atoms with Gasteiger partial charge in [-0.2, -0.15) is 0 Å². The number of nitrogens with zero attached hydrogens (tertiary/aromatic N) is 2. The number of aryl methyl sites for hydroxylation is 1. The van der Waals surface area contributed by atoms with Gasteiger partial charge >= 0.3 is 0 Å². The first-order valence-corrected chi connectivity index (χ1v) is 5.33. The highest BCUT2D eigenvalue weighted by atomic mass is 16.2. The molecule has 14 heavy (non-hydrogen) atoms. The van der Waals surface area contributed by atoms with Gasteiger partial charge in [-0.25, -0.2) is 4.98 Å². The molecule has 0 radical (unpaired) electrons. The lowest BCUT2D eigenvalue weighted by Crippen LogP contribution is -2.24. The van der Waals surface area contributed by atoms with Crippen molar-refractivity contribution in [3.63, 3.8) is 0 Å². The predicted octanol–water partition coefficient (Wildman–Crippen LogP) is 2.41. The van der Waals surface area contributed by atoms with Crippen LogP contribution in [0.4, 0.5) is 0 Å². The van der Waals surface area contributed by atoms with Gasteiger partial charge in [0.2, 0.25) is 5.91 Å². The Bertz CT molecular complexity index is 324. The molecule has 1 aromatic rings. The quantitative estimate of drug-likeness (QED) is 0.684. The van der Waals surface area contributed by atoms with Gasteiger partial charge in [0.25, 0.3) is 0 Å². The zero-order chi connectivity index (χ0) is 9.97. The number of aromatic nitrogens is 2. The minimum absolute atomic E-state index is 0.233. The number of carbonyl (C=O) groups excluding carboxylic acids is 1. The molecule has 2 rings (SSSR count). The van der Waals surface area contributed by atoms with Gasteiger partial charge in [0.1, 0.15) is 5.82 Å². The molecule has 1 aliphatic rings. The largest absolute Gasteiger partial charge is 0.274 e. The van der Waals surface area contributed by atoms with Gasteiger partial charge in [0.05, 0.1) is 0 Å². The first kappa shape index (κ1) is 9.44. The predicted molar refractivity (Wildman–Crippen MR) is 54.2 cm³/mol. The smallest absolute Gasteiger partial charge is 0.235 e. The molecule has 0 bridgehead atoms. The van der Waals surface area contributed by atoms with E-state index in [1.54, 1.807) is 17.0 Å². The van der Waals surface area contributed by atoms with E-state index in [1.165, 1.54) is 19.3 Å². The molecule has 3 nitrogen and oxygen atoms in total. The zero-order valence-corrected chi connectivity index (χ0v) is 8.57. The fourth-order valence-corrected chi connectivity index (χ4v) is 2.16. The number of rotatable bonds is 1. The minimum Gasteiger partial charge on any atom is -0.274 e. The third kappa shape index (κ3) is 1.72. The Kier molecular flexibility index (Phi) is 2.66. The summed E-state index contributed by atoms with van der Waals surface area (Å²) in [6.45, 7) is 1.88. The van der Waals surface area contributed by atoms with Crippen LogP contribution in [0.15, 0.2) is 12.4 Å². The van der Waals surface area contributed by atoms with E-state index >= 15 is 0 Å². The van der Waals surface area contributed by atoms with Crippen molar-refractivity contribution in [2.24, 2.45) is 5.92 Å². The van der Waals surface area contributed by atoms with Crippen molar-refractivity contribution in [3.8, 4) is 0 Å². The van der Waals surface area contributed by atoms with Crippen LogP contribution in [0.25, 0.3) is 0 Å². The Labute approximate surface area is 84.1 Å². The molecule has 0 saturated heterocycles. The molecule has 1 saturated carbocycles. The van der Waals surface area contributed by atoms with E-state index in [0.29, 0.717) is 0 Å². The Morgan fingerprint density at radius 2 is 2.14 bits per heavy atom. The van der Waals surface area contributed by atoms with Gasteiger partial charge in [-0.05, 0) is 19.8 Å². The van der Waals surface area contributed by atoms with Crippen LogP contribution in [0.3, 0.4) is 0 Å². The van der Waals surface area contributed by atoms with Crippen molar-refractivity contribution in [1.29, 1.82) is 0 Å². The van der Waals surface area contributed by atoms with E-state index in [2.05, 4.69) is 4.98 Å². The number of hydrogen-bond acceptors (Lipinski definition) is 2. The molecule has 0 spiro atoms. The summed E-state index contributed by atoms with van der Waals surface area (Å²) in [4.78, 5) is 16.1. The van der Waals surface area contributed by atoms with E-state index < -0.39 is 0 Å². The maximum Gasteiger partial charge on any atom is 0.235 e. The number of carbonyl (C=O) groups is 1. The molecule has 0 unspecified atom stereocenters.